The Balaban J connectivity index is 1.69. The summed E-state index contributed by atoms with van der Waals surface area (Å²) in [6.07, 6.45) is 3.42. The van der Waals surface area contributed by atoms with Crippen LogP contribution in [0.3, 0.4) is 0 Å². The van der Waals surface area contributed by atoms with Crippen molar-refractivity contribution in [2.45, 2.75) is 38.0 Å². The van der Waals surface area contributed by atoms with E-state index in [0.29, 0.717) is 5.92 Å². The smallest absolute Gasteiger partial charge is 0.235 e. The summed E-state index contributed by atoms with van der Waals surface area (Å²) in [5.74, 6) is 0.0364. The van der Waals surface area contributed by atoms with Crippen molar-refractivity contribution in [2.75, 3.05) is 5.32 Å². The number of para-hydroxylation sites is 1. The predicted molar refractivity (Wildman–Crippen MR) is 98.3 cm³/mol. The maximum absolute atomic E-state index is 13.7. The molecular formula is C21H21FN2O. The van der Waals surface area contributed by atoms with Gasteiger partial charge < -0.3 is 10.3 Å². The lowest BCUT2D eigenvalue weighted by Gasteiger charge is -2.18. The largest absolute Gasteiger partial charge is 0.361 e. The zero-order valence-electron chi connectivity index (χ0n) is 14.4. The Bertz CT molecular complexity index is 953. The molecule has 25 heavy (non-hydrogen) atoms. The van der Waals surface area contributed by atoms with Crippen molar-refractivity contribution >= 4 is 22.5 Å². The van der Waals surface area contributed by atoms with Crippen LogP contribution >= 0.6 is 0 Å². The fraction of sp³-hybridized carbons (Fsp3) is 0.286. The van der Waals surface area contributed by atoms with Crippen LogP contribution in [0.1, 0.15) is 43.7 Å². The van der Waals surface area contributed by atoms with Crippen molar-refractivity contribution < 1.29 is 9.18 Å². The number of hydrogen-bond donors (Lipinski definition) is 2. The molecule has 2 aromatic carbocycles. The lowest BCUT2D eigenvalue weighted by atomic mass is 9.93. The SMILES string of the molecule is CC(C)c1ccccc1NC(=O)C1(c2c[nH]c3ccc(F)cc23)CC1. The van der Waals surface area contributed by atoms with E-state index in [0.717, 1.165) is 40.6 Å². The first kappa shape index (κ1) is 15.9. The highest BCUT2D eigenvalue weighted by atomic mass is 19.1. The Morgan fingerprint density at radius 2 is 1.96 bits per heavy atom. The van der Waals surface area contributed by atoms with Crippen LogP contribution in [0.25, 0.3) is 10.9 Å². The molecule has 0 unspecified atom stereocenters. The number of halogens is 1. The molecule has 0 radical (unpaired) electrons. The van der Waals surface area contributed by atoms with Crippen molar-refractivity contribution in [1.82, 2.24) is 4.98 Å². The second-order valence-electron chi connectivity index (χ2n) is 7.17. The van der Waals surface area contributed by atoms with E-state index in [-0.39, 0.29) is 11.7 Å². The second kappa shape index (κ2) is 5.73. The molecule has 1 fully saturated rings. The first-order valence-corrected chi connectivity index (χ1v) is 8.69. The van der Waals surface area contributed by atoms with Gasteiger partial charge in [-0.15, -0.1) is 0 Å². The van der Waals surface area contributed by atoms with Gasteiger partial charge in [0.25, 0.3) is 0 Å². The van der Waals surface area contributed by atoms with Crippen LogP contribution in [0, 0.1) is 5.82 Å². The first-order valence-electron chi connectivity index (χ1n) is 8.69. The van der Waals surface area contributed by atoms with Crippen molar-refractivity contribution in [2.24, 2.45) is 0 Å². The summed E-state index contributed by atoms with van der Waals surface area (Å²) in [5, 5.41) is 3.91. The number of nitrogens with one attached hydrogen (secondary N) is 2. The fourth-order valence-electron chi connectivity index (χ4n) is 3.59. The van der Waals surface area contributed by atoms with Crippen LogP contribution in [-0.4, -0.2) is 10.9 Å². The van der Waals surface area contributed by atoms with Gasteiger partial charge in [-0.3, -0.25) is 4.79 Å². The third-order valence-corrected chi connectivity index (χ3v) is 5.18. The maximum Gasteiger partial charge on any atom is 0.235 e. The topological polar surface area (TPSA) is 44.9 Å². The minimum Gasteiger partial charge on any atom is -0.361 e. The van der Waals surface area contributed by atoms with E-state index in [1.54, 1.807) is 6.07 Å². The number of aromatic nitrogens is 1. The molecule has 4 heteroatoms. The first-order chi connectivity index (χ1) is 12.0. The molecule has 3 nitrogen and oxygen atoms in total. The zero-order chi connectivity index (χ0) is 17.6. The summed E-state index contributed by atoms with van der Waals surface area (Å²) < 4.78 is 13.7. The number of aromatic amines is 1. The van der Waals surface area contributed by atoms with Gasteiger partial charge in [-0.1, -0.05) is 32.0 Å². The van der Waals surface area contributed by atoms with Crippen LogP contribution in [-0.2, 0) is 10.2 Å². The summed E-state index contributed by atoms with van der Waals surface area (Å²) in [6.45, 7) is 4.22. The standard InChI is InChI=1S/C21H21FN2O/c1-13(2)15-5-3-4-6-19(15)24-20(25)21(9-10-21)17-12-23-18-8-7-14(22)11-16(17)18/h3-8,11-13,23H,9-10H2,1-2H3,(H,24,25). The summed E-state index contributed by atoms with van der Waals surface area (Å²) in [7, 11) is 0. The molecule has 1 aliphatic rings. The fourth-order valence-corrected chi connectivity index (χ4v) is 3.59. The third kappa shape index (κ3) is 2.62. The van der Waals surface area contributed by atoms with Crippen LogP contribution in [0.5, 0.6) is 0 Å². The van der Waals surface area contributed by atoms with Crippen LogP contribution < -0.4 is 5.32 Å². The summed E-state index contributed by atoms with van der Waals surface area (Å²) in [6, 6.07) is 12.6. The highest BCUT2D eigenvalue weighted by molar-refractivity contribution is 6.04. The number of anilines is 1. The molecule has 0 atom stereocenters. The molecule has 4 rings (SSSR count). The lowest BCUT2D eigenvalue weighted by Crippen LogP contribution is -2.28. The Morgan fingerprint density at radius 1 is 1.20 bits per heavy atom. The number of carbonyl (C=O) groups excluding carboxylic acids is 1. The van der Waals surface area contributed by atoms with Crippen LogP contribution in [0.4, 0.5) is 10.1 Å². The molecule has 128 valence electrons. The zero-order valence-corrected chi connectivity index (χ0v) is 14.4. The van der Waals surface area contributed by atoms with E-state index in [1.165, 1.54) is 12.1 Å². The highest BCUT2D eigenvalue weighted by Gasteiger charge is 2.52. The van der Waals surface area contributed by atoms with E-state index in [4.69, 9.17) is 0 Å². The van der Waals surface area contributed by atoms with Gasteiger partial charge in [0.05, 0.1) is 5.41 Å². The van der Waals surface area contributed by atoms with E-state index in [9.17, 15) is 9.18 Å². The number of H-pyrrole nitrogens is 1. The molecular weight excluding hydrogens is 315 g/mol. The van der Waals surface area contributed by atoms with Gasteiger partial charge in [0.15, 0.2) is 0 Å². The summed E-state index contributed by atoms with van der Waals surface area (Å²) >= 11 is 0. The summed E-state index contributed by atoms with van der Waals surface area (Å²) in [5.41, 5.74) is 3.17. The number of rotatable bonds is 4. The van der Waals surface area contributed by atoms with Crippen molar-refractivity contribution in [1.29, 1.82) is 0 Å². The average molecular weight is 336 g/mol. The molecule has 1 aliphatic carbocycles. The van der Waals surface area contributed by atoms with Crippen molar-refractivity contribution in [3.63, 3.8) is 0 Å². The quantitative estimate of drug-likeness (QED) is 0.684. The predicted octanol–water partition coefficient (Wildman–Crippen LogP) is 5.10. The minimum absolute atomic E-state index is 0.00855. The Morgan fingerprint density at radius 3 is 2.68 bits per heavy atom. The number of carbonyl (C=O) groups is 1. The third-order valence-electron chi connectivity index (χ3n) is 5.18. The molecule has 0 saturated heterocycles. The lowest BCUT2D eigenvalue weighted by molar-refractivity contribution is -0.118. The summed E-state index contributed by atoms with van der Waals surface area (Å²) in [4.78, 5) is 16.2. The molecule has 1 heterocycles. The average Bonchev–Trinajstić information content (AvgIpc) is 3.29. The van der Waals surface area contributed by atoms with Crippen molar-refractivity contribution in [3.05, 3.63) is 65.6 Å². The van der Waals surface area contributed by atoms with E-state index in [1.807, 2.05) is 30.5 Å². The number of benzene rings is 2. The molecule has 1 aromatic heterocycles. The molecule has 3 aromatic rings. The maximum atomic E-state index is 13.7. The molecule has 0 bridgehead atoms. The minimum atomic E-state index is -0.559. The van der Waals surface area contributed by atoms with Gasteiger partial charge >= 0.3 is 0 Å². The number of amides is 1. The van der Waals surface area contributed by atoms with E-state index >= 15 is 0 Å². The van der Waals surface area contributed by atoms with Gasteiger partial charge in [-0.2, -0.15) is 0 Å². The molecule has 1 amide bonds. The molecule has 1 saturated carbocycles. The van der Waals surface area contributed by atoms with Crippen LogP contribution in [0.15, 0.2) is 48.7 Å². The molecule has 0 aliphatic heterocycles. The second-order valence-corrected chi connectivity index (χ2v) is 7.17. The van der Waals surface area contributed by atoms with Crippen LogP contribution in [0.2, 0.25) is 0 Å². The van der Waals surface area contributed by atoms with Gasteiger partial charge in [-0.25, -0.2) is 4.39 Å². The Labute approximate surface area is 146 Å². The monoisotopic (exact) mass is 336 g/mol. The Hall–Kier alpha value is -2.62. The van der Waals surface area contributed by atoms with Gasteiger partial charge in [0, 0.05) is 22.8 Å². The normalized spacial score (nSPS) is 15.5. The Kier molecular flexibility index (Phi) is 3.64. The molecule has 2 N–H and O–H groups in total. The van der Waals surface area contributed by atoms with E-state index < -0.39 is 5.41 Å². The number of hydrogen-bond acceptors (Lipinski definition) is 1. The van der Waals surface area contributed by atoms with Gasteiger partial charge in [0.2, 0.25) is 5.91 Å². The van der Waals surface area contributed by atoms with E-state index in [2.05, 4.69) is 24.1 Å². The number of fused-ring (bicyclic) bond motifs is 1. The molecule has 0 spiro atoms. The van der Waals surface area contributed by atoms with Gasteiger partial charge in [-0.05, 0) is 54.2 Å². The van der Waals surface area contributed by atoms with Gasteiger partial charge in [0.1, 0.15) is 5.82 Å². The highest BCUT2D eigenvalue weighted by Crippen LogP contribution is 2.51. The van der Waals surface area contributed by atoms with Crippen molar-refractivity contribution in [3.8, 4) is 0 Å².